The van der Waals surface area contributed by atoms with Crippen molar-refractivity contribution in [3.63, 3.8) is 0 Å². The molecule has 1 heterocycles. The van der Waals surface area contributed by atoms with Crippen molar-refractivity contribution < 1.29 is 14.4 Å². The summed E-state index contributed by atoms with van der Waals surface area (Å²) < 4.78 is 0. The molecule has 0 bridgehead atoms. The molecule has 7 heteroatoms. The van der Waals surface area contributed by atoms with Crippen molar-refractivity contribution in [2.45, 2.75) is 37.6 Å². The summed E-state index contributed by atoms with van der Waals surface area (Å²) in [4.78, 5) is 41.0. The third-order valence-corrected chi connectivity index (χ3v) is 6.17. The van der Waals surface area contributed by atoms with Gasteiger partial charge in [0.1, 0.15) is 12.1 Å². The quantitative estimate of drug-likeness (QED) is 0.460. The number of likely N-dealkylation sites (N-methyl/N-ethyl adjacent to an activating group) is 1. The van der Waals surface area contributed by atoms with Crippen molar-refractivity contribution >= 4 is 23.6 Å². The fourth-order valence-electron chi connectivity index (χ4n) is 4.46. The molecule has 2 aliphatic rings. The van der Waals surface area contributed by atoms with Crippen molar-refractivity contribution in [1.29, 1.82) is 0 Å². The molecule has 1 N–H and O–H groups in total. The minimum absolute atomic E-state index is 0.273. The first-order valence-corrected chi connectivity index (χ1v) is 10.6. The number of nitrogens with zero attached hydrogens (tertiary/aromatic N) is 3. The molecule has 4 amide bonds. The average Bonchev–Trinajstić information content (AvgIpc) is 2.97. The van der Waals surface area contributed by atoms with Gasteiger partial charge < -0.3 is 4.90 Å². The lowest BCUT2D eigenvalue weighted by Crippen LogP contribution is -2.49. The van der Waals surface area contributed by atoms with E-state index in [1.165, 1.54) is 4.90 Å². The zero-order valence-electron chi connectivity index (χ0n) is 17.6. The molecule has 2 aromatic carbocycles. The molecular formula is C24H26N4O3. The second-order valence-corrected chi connectivity index (χ2v) is 8.05. The molecule has 7 nitrogen and oxygen atoms in total. The van der Waals surface area contributed by atoms with Crippen LogP contribution in [0.25, 0.3) is 0 Å². The summed E-state index contributed by atoms with van der Waals surface area (Å²) in [6, 6.07) is 18.6. The number of hydrogen-bond donors (Lipinski definition) is 1. The number of amides is 4. The number of benzene rings is 2. The molecule has 1 aliphatic heterocycles. The summed E-state index contributed by atoms with van der Waals surface area (Å²) in [6.07, 6.45) is 4.18. The first-order valence-electron chi connectivity index (χ1n) is 10.6. The number of urea groups is 1. The van der Waals surface area contributed by atoms with Gasteiger partial charge in [0.05, 0.1) is 5.71 Å². The molecule has 1 aliphatic carbocycles. The Hall–Kier alpha value is -3.48. The summed E-state index contributed by atoms with van der Waals surface area (Å²) in [5.74, 6) is -0.780. The number of nitrogens with one attached hydrogen (secondary N) is 1. The Morgan fingerprint density at radius 2 is 1.48 bits per heavy atom. The molecule has 31 heavy (non-hydrogen) atoms. The van der Waals surface area contributed by atoms with Gasteiger partial charge in [0.15, 0.2) is 0 Å². The Morgan fingerprint density at radius 1 is 0.935 bits per heavy atom. The van der Waals surface area contributed by atoms with Crippen LogP contribution in [0.3, 0.4) is 0 Å². The van der Waals surface area contributed by atoms with E-state index in [0.29, 0.717) is 18.6 Å². The summed E-state index contributed by atoms with van der Waals surface area (Å²) in [6.45, 7) is -0.343. The van der Waals surface area contributed by atoms with Gasteiger partial charge in [-0.2, -0.15) is 5.10 Å². The molecule has 1 spiro atoms. The highest BCUT2D eigenvalue weighted by Crippen LogP contribution is 2.39. The van der Waals surface area contributed by atoms with Gasteiger partial charge in [-0.15, -0.1) is 0 Å². The van der Waals surface area contributed by atoms with Crippen molar-refractivity contribution in [1.82, 2.24) is 15.2 Å². The van der Waals surface area contributed by atoms with Gasteiger partial charge >= 0.3 is 6.03 Å². The van der Waals surface area contributed by atoms with Crippen LogP contribution in [0.1, 0.15) is 43.2 Å². The first kappa shape index (κ1) is 20.8. The highest BCUT2D eigenvalue weighted by molar-refractivity contribution is 6.13. The molecule has 2 fully saturated rings. The van der Waals surface area contributed by atoms with Crippen LogP contribution < -0.4 is 5.43 Å². The van der Waals surface area contributed by atoms with Crippen LogP contribution in [0, 0.1) is 0 Å². The maximum Gasteiger partial charge on any atom is 0.327 e. The van der Waals surface area contributed by atoms with E-state index in [1.54, 1.807) is 7.05 Å². The van der Waals surface area contributed by atoms with Gasteiger partial charge in [-0.3, -0.25) is 14.5 Å². The molecule has 0 atom stereocenters. The highest BCUT2D eigenvalue weighted by atomic mass is 16.2. The summed E-state index contributed by atoms with van der Waals surface area (Å²) in [7, 11) is 1.66. The predicted molar refractivity (Wildman–Crippen MR) is 117 cm³/mol. The number of carbonyl (C=O) groups excluding carboxylic acids is 3. The monoisotopic (exact) mass is 418 g/mol. The van der Waals surface area contributed by atoms with Gasteiger partial charge in [0.2, 0.25) is 0 Å². The molecule has 1 saturated heterocycles. The normalized spacial score (nSPS) is 17.7. The van der Waals surface area contributed by atoms with Crippen LogP contribution in [0.15, 0.2) is 65.8 Å². The SMILES string of the molecule is CN1C(=O)N(CC(=O)NN=C(c2ccccc2)c2ccccc2)C(=O)C12CCCCC2. The third-order valence-electron chi connectivity index (χ3n) is 6.17. The van der Waals surface area contributed by atoms with Crippen molar-refractivity contribution in [3.8, 4) is 0 Å². The lowest BCUT2D eigenvalue weighted by atomic mass is 9.81. The van der Waals surface area contributed by atoms with Crippen LogP contribution in [0.2, 0.25) is 0 Å². The van der Waals surface area contributed by atoms with E-state index in [2.05, 4.69) is 10.5 Å². The van der Waals surface area contributed by atoms with E-state index >= 15 is 0 Å². The molecule has 4 rings (SSSR count). The number of carbonyl (C=O) groups is 3. The fraction of sp³-hybridized carbons (Fsp3) is 0.333. The molecule has 2 aromatic rings. The summed E-state index contributed by atoms with van der Waals surface area (Å²) >= 11 is 0. The number of hydrogen-bond acceptors (Lipinski definition) is 4. The molecule has 0 aromatic heterocycles. The Labute approximate surface area is 181 Å². The van der Waals surface area contributed by atoms with Crippen molar-refractivity contribution in [2.24, 2.45) is 5.10 Å². The third kappa shape index (κ3) is 3.95. The lowest BCUT2D eigenvalue weighted by molar-refractivity contribution is -0.137. The summed E-state index contributed by atoms with van der Waals surface area (Å²) in [5.41, 5.74) is 4.05. The zero-order chi connectivity index (χ0) is 21.8. The maximum atomic E-state index is 13.1. The van der Waals surface area contributed by atoms with Gasteiger partial charge in [0.25, 0.3) is 11.8 Å². The second-order valence-electron chi connectivity index (χ2n) is 8.05. The summed E-state index contributed by atoms with van der Waals surface area (Å²) in [5, 5.41) is 4.33. The molecule has 160 valence electrons. The van der Waals surface area contributed by atoms with E-state index < -0.39 is 17.5 Å². The molecule has 1 saturated carbocycles. The van der Waals surface area contributed by atoms with Gasteiger partial charge in [-0.25, -0.2) is 10.2 Å². The van der Waals surface area contributed by atoms with Crippen LogP contribution >= 0.6 is 0 Å². The standard InChI is InChI=1S/C24H26N4O3/c1-27-23(31)28(22(30)24(27)15-9-4-10-16-24)17-20(29)25-26-21(18-11-5-2-6-12-18)19-13-7-3-8-14-19/h2-3,5-8,11-14H,4,9-10,15-17H2,1H3,(H,25,29). The Bertz CT molecular complexity index is 956. The van der Waals surface area contributed by atoms with Crippen LogP contribution in [-0.2, 0) is 9.59 Å². The number of rotatable bonds is 5. The largest absolute Gasteiger partial charge is 0.327 e. The van der Waals surface area contributed by atoms with E-state index in [4.69, 9.17) is 0 Å². The lowest BCUT2D eigenvalue weighted by Gasteiger charge is -2.35. The Morgan fingerprint density at radius 3 is 2.03 bits per heavy atom. The average molecular weight is 418 g/mol. The van der Waals surface area contributed by atoms with Gasteiger partial charge in [-0.1, -0.05) is 79.9 Å². The maximum absolute atomic E-state index is 13.1. The van der Waals surface area contributed by atoms with E-state index in [1.807, 2.05) is 60.7 Å². The molecule has 0 unspecified atom stereocenters. The topological polar surface area (TPSA) is 82.1 Å². The van der Waals surface area contributed by atoms with E-state index in [9.17, 15) is 14.4 Å². The zero-order valence-corrected chi connectivity index (χ0v) is 17.6. The molecular weight excluding hydrogens is 392 g/mol. The van der Waals surface area contributed by atoms with Gasteiger partial charge in [0, 0.05) is 18.2 Å². The second kappa shape index (κ2) is 8.71. The van der Waals surface area contributed by atoms with Crippen LogP contribution in [0.4, 0.5) is 4.79 Å². The predicted octanol–water partition coefficient (Wildman–Crippen LogP) is 3.15. The Kier molecular flexibility index (Phi) is 5.84. The van der Waals surface area contributed by atoms with Crippen LogP contribution in [-0.4, -0.2) is 52.5 Å². The van der Waals surface area contributed by atoms with E-state index in [0.717, 1.165) is 35.3 Å². The van der Waals surface area contributed by atoms with Crippen molar-refractivity contribution in [2.75, 3.05) is 13.6 Å². The smallest absolute Gasteiger partial charge is 0.313 e. The van der Waals surface area contributed by atoms with E-state index in [-0.39, 0.29) is 12.5 Å². The number of imide groups is 1. The fourth-order valence-corrected chi connectivity index (χ4v) is 4.46. The van der Waals surface area contributed by atoms with Gasteiger partial charge in [-0.05, 0) is 12.8 Å². The minimum Gasteiger partial charge on any atom is -0.313 e. The number of hydrazone groups is 1. The Balaban J connectivity index is 1.51. The first-order chi connectivity index (χ1) is 15.0. The van der Waals surface area contributed by atoms with Crippen molar-refractivity contribution in [3.05, 3.63) is 71.8 Å². The molecule has 0 radical (unpaired) electrons. The highest BCUT2D eigenvalue weighted by Gasteiger charge is 2.55. The minimum atomic E-state index is -0.794. The van der Waals surface area contributed by atoms with Crippen LogP contribution in [0.5, 0.6) is 0 Å².